The monoisotopic (exact) mass is 512 g/mol. The van der Waals surface area contributed by atoms with Crippen LogP contribution < -0.4 is 22.5 Å². The SMILES string of the molecule is CC(C)(N)C(=O)N1CCN(C(=O)Nc2ccn(C3=CCC(CN4CC5C(N)C5(C)C4)CC3)c(=O)n2)CC1. The van der Waals surface area contributed by atoms with E-state index >= 15 is 0 Å². The Morgan fingerprint density at radius 1 is 1.22 bits per heavy atom. The minimum atomic E-state index is -0.936. The number of piperidine rings is 1. The van der Waals surface area contributed by atoms with Crippen LogP contribution in [0, 0.1) is 17.3 Å². The zero-order chi connectivity index (χ0) is 26.5. The van der Waals surface area contributed by atoms with Gasteiger partial charge in [0.2, 0.25) is 5.91 Å². The highest BCUT2D eigenvalue weighted by molar-refractivity contribution is 5.89. The van der Waals surface area contributed by atoms with E-state index in [0.717, 1.165) is 44.6 Å². The van der Waals surface area contributed by atoms with E-state index < -0.39 is 11.2 Å². The van der Waals surface area contributed by atoms with Crippen molar-refractivity contribution in [3.8, 4) is 0 Å². The first-order valence-corrected chi connectivity index (χ1v) is 13.4. The third-order valence-electron chi connectivity index (χ3n) is 8.72. The van der Waals surface area contributed by atoms with Gasteiger partial charge in [-0.1, -0.05) is 13.0 Å². The van der Waals surface area contributed by atoms with E-state index in [4.69, 9.17) is 11.5 Å². The second kappa shape index (κ2) is 9.52. The van der Waals surface area contributed by atoms with Crippen molar-refractivity contribution in [2.24, 2.45) is 28.7 Å². The average molecular weight is 513 g/mol. The number of likely N-dealkylation sites (tertiary alicyclic amines) is 1. The first kappa shape index (κ1) is 25.9. The Bertz CT molecular complexity index is 1150. The van der Waals surface area contributed by atoms with Crippen molar-refractivity contribution in [2.75, 3.05) is 51.1 Å². The maximum absolute atomic E-state index is 12.7. The largest absolute Gasteiger partial charge is 0.353 e. The van der Waals surface area contributed by atoms with Crippen molar-refractivity contribution in [3.05, 3.63) is 28.8 Å². The maximum atomic E-state index is 12.7. The smallest absolute Gasteiger partial charge is 0.338 e. The van der Waals surface area contributed by atoms with Crippen LogP contribution in [0.25, 0.3) is 5.70 Å². The number of allylic oxidation sites excluding steroid dienone is 2. The number of urea groups is 1. The van der Waals surface area contributed by atoms with Crippen LogP contribution in [0.2, 0.25) is 0 Å². The number of amides is 3. The highest BCUT2D eigenvalue weighted by Crippen LogP contribution is 2.56. The van der Waals surface area contributed by atoms with Gasteiger partial charge in [-0.15, -0.1) is 0 Å². The predicted molar refractivity (Wildman–Crippen MR) is 142 cm³/mol. The summed E-state index contributed by atoms with van der Waals surface area (Å²) in [5.41, 5.74) is 12.0. The van der Waals surface area contributed by atoms with Crippen LogP contribution >= 0.6 is 0 Å². The summed E-state index contributed by atoms with van der Waals surface area (Å²) in [6, 6.07) is 1.69. The Morgan fingerprint density at radius 3 is 2.49 bits per heavy atom. The van der Waals surface area contributed by atoms with Crippen LogP contribution in [0.15, 0.2) is 23.1 Å². The van der Waals surface area contributed by atoms with Gasteiger partial charge in [0.05, 0.1) is 5.54 Å². The molecule has 4 atom stereocenters. The van der Waals surface area contributed by atoms with Gasteiger partial charge in [0.1, 0.15) is 5.82 Å². The lowest BCUT2D eigenvalue weighted by atomic mass is 9.91. The molecule has 0 bridgehead atoms. The number of hydrogen-bond donors (Lipinski definition) is 3. The first-order valence-electron chi connectivity index (χ1n) is 13.4. The summed E-state index contributed by atoms with van der Waals surface area (Å²) in [4.78, 5) is 47.7. The molecular weight excluding hydrogens is 472 g/mol. The standard InChI is InChI=1S/C26H40N8O3/c1-25(2,28)22(35)32-10-12-33(13-11-32)23(36)29-20-8-9-34(24(37)30-20)18-6-4-17(5-7-18)14-31-15-19-21(27)26(19,3)16-31/h6,8-9,17,19,21H,4-5,7,10-16,27-28H2,1-3H3,(H,29,30,36,37). The number of rotatable bonds is 5. The molecule has 0 aromatic carbocycles. The van der Waals surface area contributed by atoms with E-state index in [9.17, 15) is 14.4 Å². The zero-order valence-electron chi connectivity index (χ0n) is 22.2. The number of carbonyl (C=O) groups excluding carboxylic acids is 2. The van der Waals surface area contributed by atoms with Gasteiger partial charge in [-0.25, -0.2) is 9.59 Å². The number of anilines is 1. The highest BCUT2D eigenvalue weighted by Gasteiger charge is 2.63. The number of fused-ring (bicyclic) bond motifs is 1. The number of piperazine rings is 1. The minimum Gasteiger partial charge on any atom is -0.338 e. The Labute approximate surface area is 217 Å². The second-order valence-corrected chi connectivity index (χ2v) is 12.1. The van der Waals surface area contributed by atoms with Crippen molar-refractivity contribution in [1.82, 2.24) is 24.3 Å². The third kappa shape index (κ3) is 5.17. The van der Waals surface area contributed by atoms with Gasteiger partial charge >= 0.3 is 11.7 Å². The molecule has 3 fully saturated rings. The predicted octanol–water partition coefficient (Wildman–Crippen LogP) is 0.577. The molecule has 37 heavy (non-hydrogen) atoms. The summed E-state index contributed by atoms with van der Waals surface area (Å²) < 4.78 is 1.58. The van der Waals surface area contributed by atoms with E-state index in [1.807, 2.05) is 0 Å². The first-order chi connectivity index (χ1) is 17.5. The van der Waals surface area contributed by atoms with Crippen molar-refractivity contribution >= 4 is 23.5 Å². The van der Waals surface area contributed by atoms with Crippen LogP contribution in [-0.2, 0) is 4.79 Å². The minimum absolute atomic E-state index is 0.132. The van der Waals surface area contributed by atoms with E-state index in [2.05, 4.69) is 28.2 Å². The van der Waals surface area contributed by atoms with Crippen molar-refractivity contribution in [1.29, 1.82) is 0 Å². The Morgan fingerprint density at radius 2 is 1.92 bits per heavy atom. The number of nitrogens with zero attached hydrogens (tertiary/aromatic N) is 5. The average Bonchev–Trinajstić information content (AvgIpc) is 3.17. The Hall–Kier alpha value is -2.76. The molecule has 1 aromatic heterocycles. The molecule has 11 nitrogen and oxygen atoms in total. The van der Waals surface area contributed by atoms with Gasteiger partial charge in [0, 0.05) is 69.2 Å². The number of aromatic nitrogens is 2. The van der Waals surface area contributed by atoms with Gasteiger partial charge in [-0.2, -0.15) is 4.98 Å². The van der Waals surface area contributed by atoms with E-state index in [0.29, 0.717) is 49.5 Å². The molecule has 2 aliphatic carbocycles. The zero-order valence-corrected chi connectivity index (χ0v) is 22.2. The molecule has 2 saturated heterocycles. The second-order valence-electron chi connectivity index (χ2n) is 12.1. The van der Waals surface area contributed by atoms with Crippen molar-refractivity contribution < 1.29 is 9.59 Å². The van der Waals surface area contributed by atoms with Gasteiger partial charge in [-0.3, -0.25) is 14.7 Å². The summed E-state index contributed by atoms with van der Waals surface area (Å²) in [6.45, 7) is 10.6. The topological polar surface area (TPSA) is 143 Å². The molecule has 3 heterocycles. The summed E-state index contributed by atoms with van der Waals surface area (Å²) >= 11 is 0. The Balaban J connectivity index is 1.11. The maximum Gasteiger partial charge on any atom is 0.353 e. The number of carbonyl (C=O) groups is 2. The summed E-state index contributed by atoms with van der Waals surface area (Å²) in [5, 5.41) is 2.72. The van der Waals surface area contributed by atoms with Crippen molar-refractivity contribution in [3.63, 3.8) is 0 Å². The summed E-state index contributed by atoms with van der Waals surface area (Å²) in [7, 11) is 0. The highest BCUT2D eigenvalue weighted by atomic mass is 16.2. The summed E-state index contributed by atoms with van der Waals surface area (Å²) in [5.74, 6) is 1.34. The molecule has 202 valence electrons. The fourth-order valence-corrected chi connectivity index (χ4v) is 6.23. The number of hydrogen-bond acceptors (Lipinski definition) is 7. The van der Waals surface area contributed by atoms with Crippen LogP contribution in [0.4, 0.5) is 10.6 Å². The molecule has 0 radical (unpaired) electrons. The molecular formula is C26H40N8O3. The van der Waals surface area contributed by atoms with Crippen LogP contribution in [0.1, 0.15) is 40.0 Å². The third-order valence-corrected chi connectivity index (χ3v) is 8.72. The molecule has 0 spiro atoms. The molecule has 4 unspecified atom stereocenters. The lowest BCUT2D eigenvalue weighted by molar-refractivity contribution is -0.137. The van der Waals surface area contributed by atoms with E-state index in [1.165, 1.54) is 0 Å². The lowest BCUT2D eigenvalue weighted by Crippen LogP contribution is -2.58. The molecule has 11 heteroatoms. The quantitative estimate of drug-likeness (QED) is 0.524. The fourth-order valence-electron chi connectivity index (χ4n) is 6.23. The van der Waals surface area contributed by atoms with Gasteiger partial charge in [0.25, 0.3) is 0 Å². The lowest BCUT2D eigenvalue weighted by Gasteiger charge is -2.37. The Kier molecular flexibility index (Phi) is 6.66. The van der Waals surface area contributed by atoms with Gasteiger partial charge < -0.3 is 26.2 Å². The molecule has 3 amide bonds. The molecule has 2 aliphatic heterocycles. The summed E-state index contributed by atoms with van der Waals surface area (Å²) in [6.07, 6.45) is 6.65. The van der Waals surface area contributed by atoms with Gasteiger partial charge in [-0.05, 0) is 51.0 Å². The van der Waals surface area contributed by atoms with Crippen molar-refractivity contribution in [2.45, 2.75) is 51.6 Å². The molecule has 5 N–H and O–H groups in total. The molecule has 5 rings (SSSR count). The molecule has 1 saturated carbocycles. The molecule has 1 aromatic rings. The van der Waals surface area contributed by atoms with E-state index in [-0.39, 0.29) is 17.8 Å². The normalized spacial score (nSPS) is 30.1. The fraction of sp³-hybridized carbons (Fsp3) is 0.692. The van der Waals surface area contributed by atoms with Gasteiger partial charge in [0.15, 0.2) is 0 Å². The number of nitrogens with two attached hydrogens (primary N) is 2. The van der Waals surface area contributed by atoms with Crippen LogP contribution in [-0.4, -0.2) is 93.6 Å². The van der Waals surface area contributed by atoms with E-state index in [1.54, 1.807) is 40.5 Å². The molecule has 4 aliphatic rings. The number of nitrogens with one attached hydrogen (secondary N) is 1. The van der Waals surface area contributed by atoms with Crippen LogP contribution in [0.5, 0.6) is 0 Å². The van der Waals surface area contributed by atoms with Crippen LogP contribution in [0.3, 0.4) is 0 Å².